The second-order valence-electron chi connectivity index (χ2n) is 4.41. The van der Waals surface area contributed by atoms with E-state index in [1.54, 1.807) is 13.1 Å². The molecule has 0 bridgehead atoms. The average Bonchev–Trinajstić information content (AvgIpc) is 2.49. The van der Waals surface area contributed by atoms with Gasteiger partial charge in [-0.15, -0.1) is 0 Å². The summed E-state index contributed by atoms with van der Waals surface area (Å²) >= 11 is 6.82. The predicted molar refractivity (Wildman–Crippen MR) is 93.0 cm³/mol. The van der Waals surface area contributed by atoms with Crippen molar-refractivity contribution in [2.24, 2.45) is 0 Å². The average molecular weight is 413 g/mol. The number of carbonyl (C=O) groups excluding carboxylic acids is 1. The van der Waals surface area contributed by atoms with Gasteiger partial charge in [0.2, 0.25) is 0 Å². The molecule has 0 radical (unpaired) electrons. The summed E-state index contributed by atoms with van der Waals surface area (Å²) in [6, 6.07) is 9.15. The van der Waals surface area contributed by atoms with Crippen LogP contribution in [-0.2, 0) is 6.42 Å². The Hall–Kier alpha value is -1.40. The molecule has 1 aromatic heterocycles. The Labute approximate surface area is 140 Å². The van der Waals surface area contributed by atoms with E-state index < -0.39 is 0 Å². The molecule has 0 spiro atoms. The molecule has 1 aromatic carbocycles. The second-order valence-corrected chi connectivity index (χ2v) is 6.18. The lowest BCUT2D eigenvalue weighted by atomic mass is 10.1. The van der Waals surface area contributed by atoms with Crippen LogP contribution in [0, 0.1) is 0 Å². The van der Waals surface area contributed by atoms with Gasteiger partial charge in [0, 0.05) is 27.3 Å². The third kappa shape index (κ3) is 4.04. The molecule has 0 unspecified atom stereocenters. The van der Waals surface area contributed by atoms with Gasteiger partial charge in [0.1, 0.15) is 5.82 Å². The van der Waals surface area contributed by atoms with Crippen molar-refractivity contribution in [3.8, 4) is 0 Å². The number of rotatable bonds is 4. The predicted octanol–water partition coefficient (Wildman–Crippen LogP) is 4.46. The van der Waals surface area contributed by atoms with Crippen molar-refractivity contribution in [2.45, 2.75) is 13.3 Å². The first kappa shape index (κ1) is 16.0. The number of hydrogen-bond acceptors (Lipinski definition) is 3. The topological polar surface area (TPSA) is 54.0 Å². The zero-order valence-corrected chi connectivity index (χ0v) is 14.9. The second kappa shape index (κ2) is 7.04. The molecule has 6 heteroatoms. The van der Waals surface area contributed by atoms with Crippen LogP contribution in [0.2, 0.25) is 0 Å². The molecule has 1 heterocycles. The summed E-state index contributed by atoms with van der Waals surface area (Å²) in [5.41, 5.74) is 2.19. The Morgan fingerprint density at radius 1 is 1.24 bits per heavy atom. The van der Waals surface area contributed by atoms with E-state index in [0.717, 1.165) is 26.7 Å². The van der Waals surface area contributed by atoms with Gasteiger partial charge in [0.25, 0.3) is 5.91 Å². The largest absolute Gasteiger partial charge is 0.373 e. The van der Waals surface area contributed by atoms with Gasteiger partial charge in [0.15, 0.2) is 0 Å². The highest BCUT2D eigenvalue weighted by Gasteiger charge is 2.11. The minimum Gasteiger partial charge on any atom is -0.373 e. The van der Waals surface area contributed by atoms with Crippen molar-refractivity contribution in [1.82, 2.24) is 4.98 Å². The maximum absolute atomic E-state index is 12.4. The van der Waals surface area contributed by atoms with Crippen LogP contribution in [0.4, 0.5) is 11.5 Å². The third-order valence-electron chi connectivity index (χ3n) is 2.94. The quantitative estimate of drug-likeness (QED) is 0.779. The molecule has 0 saturated carbocycles. The molecule has 0 aliphatic heterocycles. The summed E-state index contributed by atoms with van der Waals surface area (Å²) in [6.07, 6.45) is 0.776. The van der Waals surface area contributed by atoms with E-state index in [9.17, 15) is 4.79 Å². The fraction of sp³-hybridized carbons (Fsp3) is 0.200. The molecular weight excluding hydrogens is 398 g/mol. The van der Waals surface area contributed by atoms with E-state index in [4.69, 9.17) is 0 Å². The van der Waals surface area contributed by atoms with Crippen molar-refractivity contribution in [1.29, 1.82) is 0 Å². The smallest absolute Gasteiger partial charge is 0.255 e. The summed E-state index contributed by atoms with van der Waals surface area (Å²) < 4.78 is 1.77. The third-order valence-corrected chi connectivity index (χ3v) is 4.09. The lowest BCUT2D eigenvalue weighted by molar-refractivity contribution is 0.102. The van der Waals surface area contributed by atoms with Crippen LogP contribution >= 0.6 is 31.9 Å². The first-order valence-corrected chi connectivity index (χ1v) is 8.07. The summed E-state index contributed by atoms with van der Waals surface area (Å²) in [5, 5.41) is 5.87. The normalized spacial score (nSPS) is 10.3. The molecule has 1 amide bonds. The molecule has 4 nitrogen and oxygen atoms in total. The lowest BCUT2D eigenvalue weighted by Gasteiger charge is -2.10. The highest BCUT2D eigenvalue weighted by molar-refractivity contribution is 9.11. The molecule has 0 atom stereocenters. The zero-order valence-electron chi connectivity index (χ0n) is 11.7. The van der Waals surface area contributed by atoms with Gasteiger partial charge in [-0.25, -0.2) is 4.98 Å². The number of halogens is 2. The monoisotopic (exact) mass is 411 g/mol. The number of amides is 1. The number of benzene rings is 1. The van der Waals surface area contributed by atoms with Crippen LogP contribution < -0.4 is 10.6 Å². The highest BCUT2D eigenvalue weighted by atomic mass is 79.9. The Morgan fingerprint density at radius 2 is 2.00 bits per heavy atom. The molecule has 0 fully saturated rings. The van der Waals surface area contributed by atoms with Crippen molar-refractivity contribution in [2.75, 3.05) is 17.7 Å². The van der Waals surface area contributed by atoms with Crippen LogP contribution in [0.3, 0.4) is 0 Å². The zero-order chi connectivity index (χ0) is 15.4. The number of hydrogen-bond donors (Lipinski definition) is 2. The van der Waals surface area contributed by atoms with E-state index in [-0.39, 0.29) is 5.91 Å². The Kier molecular flexibility index (Phi) is 5.36. The number of pyridine rings is 1. The highest BCUT2D eigenvalue weighted by Crippen LogP contribution is 2.26. The minimum absolute atomic E-state index is 0.161. The van der Waals surface area contributed by atoms with Crippen LogP contribution in [-0.4, -0.2) is 17.9 Å². The summed E-state index contributed by atoms with van der Waals surface area (Å²) in [6.45, 7) is 2.01. The van der Waals surface area contributed by atoms with E-state index in [0.29, 0.717) is 11.4 Å². The molecule has 2 aromatic rings. The molecule has 0 aliphatic carbocycles. The maximum atomic E-state index is 12.4. The molecule has 110 valence electrons. The number of aryl methyl sites for hydroxylation is 1. The van der Waals surface area contributed by atoms with Gasteiger partial charge in [-0.05, 0) is 52.7 Å². The first-order chi connectivity index (χ1) is 10.0. The van der Waals surface area contributed by atoms with Gasteiger partial charge >= 0.3 is 0 Å². The SMILES string of the molecule is CCc1cc(C(=O)Nc2ccc(Br)cc2Br)cc(NC)n1. The van der Waals surface area contributed by atoms with Crippen molar-refractivity contribution < 1.29 is 4.79 Å². The number of carbonyl (C=O) groups is 1. The van der Waals surface area contributed by atoms with Gasteiger partial charge in [-0.3, -0.25) is 4.79 Å². The summed E-state index contributed by atoms with van der Waals surface area (Å²) in [5.74, 6) is 0.529. The van der Waals surface area contributed by atoms with Gasteiger partial charge in [-0.1, -0.05) is 22.9 Å². The minimum atomic E-state index is -0.161. The maximum Gasteiger partial charge on any atom is 0.255 e. The van der Waals surface area contributed by atoms with Crippen LogP contribution in [0.5, 0.6) is 0 Å². The first-order valence-electron chi connectivity index (χ1n) is 6.48. The molecule has 2 rings (SSSR count). The Bertz CT molecular complexity index is 652. The van der Waals surface area contributed by atoms with Crippen LogP contribution in [0.1, 0.15) is 23.0 Å². The van der Waals surface area contributed by atoms with Crippen molar-refractivity contribution in [3.63, 3.8) is 0 Å². The molecule has 0 saturated heterocycles. The number of aromatic nitrogens is 1. The van der Waals surface area contributed by atoms with Gasteiger partial charge < -0.3 is 10.6 Å². The Morgan fingerprint density at radius 3 is 2.62 bits per heavy atom. The molecule has 21 heavy (non-hydrogen) atoms. The van der Waals surface area contributed by atoms with Crippen molar-refractivity contribution in [3.05, 3.63) is 50.5 Å². The molecule has 0 aliphatic rings. The summed E-state index contributed by atoms with van der Waals surface area (Å²) in [4.78, 5) is 16.8. The number of nitrogens with one attached hydrogen (secondary N) is 2. The van der Waals surface area contributed by atoms with E-state index in [2.05, 4.69) is 47.5 Å². The van der Waals surface area contributed by atoms with E-state index in [1.165, 1.54) is 0 Å². The number of nitrogens with zero attached hydrogens (tertiary/aromatic N) is 1. The number of anilines is 2. The van der Waals surface area contributed by atoms with E-state index >= 15 is 0 Å². The Balaban J connectivity index is 2.27. The van der Waals surface area contributed by atoms with E-state index in [1.807, 2.05) is 31.2 Å². The van der Waals surface area contributed by atoms with Crippen molar-refractivity contribution >= 4 is 49.3 Å². The lowest BCUT2D eigenvalue weighted by Crippen LogP contribution is -2.13. The molecule has 2 N–H and O–H groups in total. The fourth-order valence-corrected chi connectivity index (χ4v) is 2.96. The molecular formula is C15H15Br2N3O. The van der Waals surface area contributed by atoms with Gasteiger partial charge in [0.05, 0.1) is 5.69 Å². The summed E-state index contributed by atoms with van der Waals surface area (Å²) in [7, 11) is 1.79. The van der Waals surface area contributed by atoms with Crippen LogP contribution in [0.15, 0.2) is 39.3 Å². The van der Waals surface area contributed by atoms with Gasteiger partial charge in [-0.2, -0.15) is 0 Å². The fourth-order valence-electron chi connectivity index (χ4n) is 1.81. The van der Waals surface area contributed by atoms with Crippen LogP contribution in [0.25, 0.3) is 0 Å². The standard InChI is InChI=1S/C15H15Br2N3O/c1-3-11-6-9(7-14(18-2)19-11)15(21)20-13-5-4-10(16)8-12(13)17/h4-8H,3H2,1-2H3,(H,18,19)(H,20,21).